The van der Waals surface area contributed by atoms with Gasteiger partial charge in [0.2, 0.25) is 11.8 Å². The number of aryl methyl sites for hydroxylation is 1. The number of hydrogen-bond acceptors (Lipinski definition) is 4. The van der Waals surface area contributed by atoms with Gasteiger partial charge in [0, 0.05) is 0 Å². The molecule has 168 valence electrons. The molecular weight excluding hydrogens is 414 g/mol. The number of carbonyl (C=O) groups excluding carboxylic acids is 3. The second-order valence-corrected chi connectivity index (χ2v) is 10.3. The van der Waals surface area contributed by atoms with Crippen LogP contribution in [0.5, 0.6) is 5.75 Å². The predicted molar refractivity (Wildman–Crippen MR) is 124 cm³/mol. The Bertz CT molecular complexity index is 1170. The fourth-order valence-corrected chi connectivity index (χ4v) is 6.32. The van der Waals surface area contributed by atoms with Gasteiger partial charge in [-0.15, -0.1) is 0 Å². The highest BCUT2D eigenvalue weighted by atomic mass is 16.5. The summed E-state index contributed by atoms with van der Waals surface area (Å²) in [6, 6.07) is 12.5. The van der Waals surface area contributed by atoms with Crippen LogP contribution in [0.2, 0.25) is 0 Å². The van der Waals surface area contributed by atoms with Crippen molar-refractivity contribution in [2.45, 2.75) is 33.1 Å². The zero-order chi connectivity index (χ0) is 23.0. The van der Waals surface area contributed by atoms with Gasteiger partial charge in [0.1, 0.15) is 5.75 Å². The van der Waals surface area contributed by atoms with Gasteiger partial charge < -0.3 is 4.74 Å². The molecule has 5 aliphatic rings. The molecule has 33 heavy (non-hydrogen) atoms. The van der Waals surface area contributed by atoms with Crippen LogP contribution in [0.4, 0.5) is 5.69 Å². The smallest absolute Gasteiger partial charge is 0.343 e. The second kappa shape index (κ2) is 7.14. The van der Waals surface area contributed by atoms with Gasteiger partial charge in [-0.3, -0.25) is 14.5 Å². The van der Waals surface area contributed by atoms with Crippen LogP contribution in [-0.2, 0) is 9.59 Å². The molecule has 0 spiro atoms. The molecule has 1 saturated heterocycles. The summed E-state index contributed by atoms with van der Waals surface area (Å²) < 4.78 is 5.72. The van der Waals surface area contributed by atoms with Gasteiger partial charge >= 0.3 is 5.97 Å². The quantitative estimate of drug-likeness (QED) is 0.293. The number of anilines is 1. The minimum Gasteiger partial charge on any atom is -0.423 e. The van der Waals surface area contributed by atoms with Crippen LogP contribution in [0.15, 0.2) is 54.6 Å². The van der Waals surface area contributed by atoms with Crippen molar-refractivity contribution in [1.29, 1.82) is 0 Å². The van der Waals surface area contributed by atoms with Gasteiger partial charge in [0.15, 0.2) is 0 Å². The van der Waals surface area contributed by atoms with Crippen molar-refractivity contribution < 1.29 is 19.1 Å². The zero-order valence-corrected chi connectivity index (χ0v) is 19.0. The molecule has 6 atom stereocenters. The lowest BCUT2D eigenvalue weighted by Gasteiger charge is -2.37. The molecule has 2 bridgehead atoms. The third-order valence-electron chi connectivity index (χ3n) is 8.02. The largest absolute Gasteiger partial charge is 0.423 e. The van der Waals surface area contributed by atoms with E-state index in [0.29, 0.717) is 28.8 Å². The molecule has 5 heteroatoms. The molecule has 0 N–H and O–H groups in total. The number of nitrogens with zero attached hydrogens (tertiary/aromatic N) is 1. The van der Waals surface area contributed by atoms with Gasteiger partial charge in [-0.25, -0.2) is 4.79 Å². The van der Waals surface area contributed by atoms with Crippen molar-refractivity contribution in [3.63, 3.8) is 0 Å². The maximum atomic E-state index is 13.3. The normalized spacial score (nSPS) is 31.1. The lowest BCUT2D eigenvalue weighted by atomic mass is 9.63. The van der Waals surface area contributed by atoms with E-state index in [4.69, 9.17) is 4.74 Å². The van der Waals surface area contributed by atoms with Crippen molar-refractivity contribution in [3.05, 3.63) is 71.3 Å². The van der Waals surface area contributed by atoms with Crippen LogP contribution in [0.25, 0.3) is 0 Å². The molecule has 2 saturated carbocycles. The van der Waals surface area contributed by atoms with Crippen LogP contribution >= 0.6 is 0 Å². The molecule has 4 aliphatic carbocycles. The fraction of sp³-hybridized carbons (Fsp3) is 0.393. The molecule has 1 aliphatic heterocycles. The van der Waals surface area contributed by atoms with Crippen molar-refractivity contribution in [2.24, 2.45) is 35.5 Å². The summed E-state index contributed by atoms with van der Waals surface area (Å²) in [4.78, 5) is 40.7. The summed E-state index contributed by atoms with van der Waals surface area (Å²) in [5.74, 6) is 1.25. The molecule has 3 fully saturated rings. The average Bonchev–Trinajstić information content (AvgIpc) is 3.57. The first-order chi connectivity index (χ1) is 15.8. The molecule has 0 unspecified atom stereocenters. The van der Waals surface area contributed by atoms with E-state index in [0.717, 1.165) is 17.5 Å². The maximum absolute atomic E-state index is 13.3. The number of amides is 2. The first-order valence-electron chi connectivity index (χ1n) is 11.8. The minimum atomic E-state index is -0.455. The Morgan fingerprint density at radius 2 is 1.55 bits per heavy atom. The van der Waals surface area contributed by atoms with Gasteiger partial charge in [0.25, 0.3) is 0 Å². The molecule has 0 radical (unpaired) electrons. The van der Waals surface area contributed by atoms with Gasteiger partial charge in [0.05, 0.1) is 23.1 Å². The predicted octanol–water partition coefficient (Wildman–Crippen LogP) is 4.90. The molecular formula is C28H27NO4. The highest BCUT2D eigenvalue weighted by molar-refractivity contribution is 6.22. The van der Waals surface area contributed by atoms with E-state index in [-0.39, 0.29) is 41.4 Å². The fourth-order valence-electron chi connectivity index (χ4n) is 6.32. The number of hydrogen-bond donors (Lipinski definition) is 0. The Kier molecular flexibility index (Phi) is 4.42. The average molecular weight is 442 g/mol. The highest BCUT2D eigenvalue weighted by Gasteiger charge is 2.67. The number of rotatable bonds is 4. The van der Waals surface area contributed by atoms with E-state index < -0.39 is 5.97 Å². The van der Waals surface area contributed by atoms with E-state index in [1.807, 2.05) is 25.1 Å². The SMILES string of the molecule is Cc1ccc(C(C)C)c(OC(=O)c2ccc(N3C(=O)[C@@H]4[C@H]5C=C[C@@H]([C@@H]6C[C@H]56)[C@@H]4C3=O)cc2)c1. The Morgan fingerprint density at radius 3 is 2.12 bits per heavy atom. The van der Waals surface area contributed by atoms with E-state index in [1.165, 1.54) is 4.90 Å². The summed E-state index contributed by atoms with van der Waals surface area (Å²) in [7, 11) is 0. The van der Waals surface area contributed by atoms with Gasteiger partial charge in [-0.2, -0.15) is 0 Å². The second-order valence-electron chi connectivity index (χ2n) is 10.3. The van der Waals surface area contributed by atoms with Crippen molar-refractivity contribution in [2.75, 3.05) is 4.90 Å². The molecule has 0 aromatic heterocycles. The number of ether oxygens (including phenoxy) is 1. The number of esters is 1. The van der Waals surface area contributed by atoms with Crippen LogP contribution in [0.1, 0.15) is 47.7 Å². The summed E-state index contributed by atoms with van der Waals surface area (Å²) in [5, 5.41) is 0. The Hall–Kier alpha value is -3.21. The van der Waals surface area contributed by atoms with Crippen molar-refractivity contribution in [1.82, 2.24) is 0 Å². The molecule has 2 amide bonds. The van der Waals surface area contributed by atoms with Gasteiger partial charge in [-0.05, 0) is 84.4 Å². The van der Waals surface area contributed by atoms with E-state index >= 15 is 0 Å². The van der Waals surface area contributed by atoms with Crippen molar-refractivity contribution in [3.8, 4) is 5.75 Å². The van der Waals surface area contributed by atoms with Gasteiger partial charge in [-0.1, -0.05) is 38.1 Å². The Labute approximate surface area is 193 Å². The molecule has 2 aromatic carbocycles. The van der Waals surface area contributed by atoms with Crippen LogP contribution in [-0.4, -0.2) is 17.8 Å². The first-order valence-corrected chi connectivity index (χ1v) is 11.8. The zero-order valence-electron chi connectivity index (χ0n) is 19.0. The Balaban J connectivity index is 1.23. The minimum absolute atomic E-state index is 0.0913. The van der Waals surface area contributed by atoms with Crippen LogP contribution in [0.3, 0.4) is 0 Å². The third-order valence-corrected chi connectivity index (χ3v) is 8.02. The summed E-state index contributed by atoms with van der Waals surface area (Å²) in [5.41, 5.74) is 2.91. The molecule has 1 heterocycles. The van der Waals surface area contributed by atoms with Crippen molar-refractivity contribution >= 4 is 23.5 Å². The lowest BCUT2D eigenvalue weighted by molar-refractivity contribution is -0.124. The third kappa shape index (κ3) is 3.01. The van der Waals surface area contributed by atoms with Crippen LogP contribution in [0, 0.1) is 42.4 Å². The van der Waals surface area contributed by atoms with E-state index in [2.05, 4.69) is 26.0 Å². The standard InChI is InChI=1S/C28H27NO4/c1-14(2)18-9-4-15(3)12-23(18)33-28(32)16-5-7-17(8-6-16)29-26(30)24-19-10-11-20(22-13-21(19)22)25(24)27(29)31/h4-12,14,19-22,24-25H,13H2,1-3H3/t19-,20-,21-,22+,24-,25+/m0/s1. The lowest BCUT2D eigenvalue weighted by Crippen LogP contribution is -2.40. The number of benzene rings is 2. The van der Waals surface area contributed by atoms with E-state index in [1.54, 1.807) is 24.3 Å². The highest BCUT2D eigenvalue weighted by Crippen LogP contribution is 2.65. The topological polar surface area (TPSA) is 63.7 Å². The monoisotopic (exact) mass is 441 g/mol. The van der Waals surface area contributed by atoms with Crippen LogP contribution < -0.4 is 9.64 Å². The summed E-state index contributed by atoms with van der Waals surface area (Å²) >= 11 is 0. The summed E-state index contributed by atoms with van der Waals surface area (Å²) in [6.45, 7) is 6.08. The molecule has 5 nitrogen and oxygen atoms in total. The van der Waals surface area contributed by atoms with E-state index in [9.17, 15) is 14.4 Å². The summed E-state index contributed by atoms with van der Waals surface area (Å²) in [6.07, 6.45) is 5.49. The number of allylic oxidation sites excluding steroid dienone is 2. The molecule has 2 aromatic rings. The Morgan fingerprint density at radius 1 is 0.939 bits per heavy atom. The number of imide groups is 1. The maximum Gasteiger partial charge on any atom is 0.343 e. The molecule has 7 rings (SSSR count). The first kappa shape index (κ1) is 20.4. The number of carbonyl (C=O) groups is 3.